The molecule has 25 heavy (non-hydrogen) atoms. The lowest BCUT2D eigenvalue weighted by Crippen LogP contribution is -2.34. The molecule has 0 radical (unpaired) electrons. The Morgan fingerprint density at radius 3 is 2.68 bits per heavy atom. The molecule has 5 nitrogen and oxygen atoms in total. The molecule has 2 aromatic rings. The number of hydrogen-bond donors (Lipinski definition) is 1. The van der Waals surface area contributed by atoms with Gasteiger partial charge in [0.15, 0.2) is 11.5 Å². The lowest BCUT2D eigenvalue weighted by Gasteiger charge is -2.26. The van der Waals surface area contributed by atoms with Gasteiger partial charge in [-0.1, -0.05) is 23.7 Å². The summed E-state index contributed by atoms with van der Waals surface area (Å²) in [6.07, 6.45) is 1.88. The van der Waals surface area contributed by atoms with Gasteiger partial charge in [-0.05, 0) is 48.7 Å². The number of anilines is 1. The zero-order chi connectivity index (χ0) is 17.8. The first-order chi connectivity index (χ1) is 12.1. The summed E-state index contributed by atoms with van der Waals surface area (Å²) < 4.78 is 10.7. The van der Waals surface area contributed by atoms with E-state index in [9.17, 15) is 4.79 Å². The molecule has 0 bridgehead atoms. The standard InChI is InChI=1S/C19H21ClN2O3/c1-24-17-9-8-13(11-18(17)25-2)16-7-4-10-22(16)19(23)21-15-6-3-5-14(20)12-15/h3,5-6,8-9,11-12,16H,4,7,10H2,1-2H3,(H,21,23). The summed E-state index contributed by atoms with van der Waals surface area (Å²) in [4.78, 5) is 14.6. The van der Waals surface area contributed by atoms with Crippen LogP contribution in [-0.2, 0) is 0 Å². The van der Waals surface area contributed by atoms with Gasteiger partial charge >= 0.3 is 6.03 Å². The second-order valence-corrected chi connectivity index (χ2v) is 6.34. The lowest BCUT2D eigenvalue weighted by atomic mass is 10.0. The topological polar surface area (TPSA) is 50.8 Å². The average Bonchev–Trinajstić information content (AvgIpc) is 3.11. The third-order valence-electron chi connectivity index (χ3n) is 4.38. The predicted octanol–water partition coefficient (Wildman–Crippen LogP) is 4.73. The number of amides is 2. The predicted molar refractivity (Wildman–Crippen MR) is 98.7 cm³/mol. The van der Waals surface area contributed by atoms with Crippen molar-refractivity contribution in [2.24, 2.45) is 0 Å². The maximum atomic E-state index is 12.7. The molecule has 1 fully saturated rings. The number of methoxy groups -OCH3 is 2. The molecular weight excluding hydrogens is 340 g/mol. The third kappa shape index (κ3) is 3.82. The quantitative estimate of drug-likeness (QED) is 0.857. The highest BCUT2D eigenvalue weighted by Crippen LogP contribution is 2.37. The minimum Gasteiger partial charge on any atom is -0.493 e. The Balaban J connectivity index is 1.79. The summed E-state index contributed by atoms with van der Waals surface area (Å²) in [6, 6.07) is 12.8. The van der Waals surface area contributed by atoms with Crippen LogP contribution in [0.15, 0.2) is 42.5 Å². The highest BCUT2D eigenvalue weighted by molar-refractivity contribution is 6.30. The van der Waals surface area contributed by atoms with Gasteiger partial charge in [0.1, 0.15) is 0 Å². The highest BCUT2D eigenvalue weighted by Gasteiger charge is 2.30. The Kier molecular flexibility index (Phi) is 5.34. The van der Waals surface area contributed by atoms with Crippen molar-refractivity contribution in [3.63, 3.8) is 0 Å². The van der Waals surface area contributed by atoms with Crippen LogP contribution in [-0.4, -0.2) is 31.7 Å². The fourth-order valence-electron chi connectivity index (χ4n) is 3.18. The van der Waals surface area contributed by atoms with Gasteiger partial charge in [0.2, 0.25) is 0 Å². The molecule has 2 aromatic carbocycles. The molecule has 1 aliphatic rings. The van der Waals surface area contributed by atoms with Crippen molar-refractivity contribution in [1.82, 2.24) is 4.90 Å². The Labute approximate surface area is 152 Å². The van der Waals surface area contributed by atoms with Gasteiger partial charge in [-0.15, -0.1) is 0 Å². The minimum atomic E-state index is -0.125. The van der Waals surface area contributed by atoms with Crippen molar-refractivity contribution >= 4 is 23.3 Å². The summed E-state index contributed by atoms with van der Waals surface area (Å²) in [5, 5.41) is 3.52. The van der Waals surface area contributed by atoms with Crippen LogP contribution >= 0.6 is 11.6 Å². The molecule has 1 heterocycles. The van der Waals surface area contributed by atoms with E-state index in [0.717, 1.165) is 18.4 Å². The zero-order valence-corrected chi connectivity index (χ0v) is 15.0. The number of nitrogens with one attached hydrogen (secondary N) is 1. The number of likely N-dealkylation sites (tertiary alicyclic amines) is 1. The number of benzene rings is 2. The smallest absolute Gasteiger partial charge is 0.322 e. The lowest BCUT2D eigenvalue weighted by molar-refractivity contribution is 0.207. The largest absolute Gasteiger partial charge is 0.493 e. The maximum Gasteiger partial charge on any atom is 0.322 e. The van der Waals surface area contributed by atoms with Crippen LogP contribution in [0.4, 0.5) is 10.5 Å². The second kappa shape index (κ2) is 7.66. The molecule has 1 aliphatic heterocycles. The first kappa shape index (κ1) is 17.4. The Morgan fingerprint density at radius 1 is 1.16 bits per heavy atom. The minimum absolute atomic E-state index is 0.0130. The third-order valence-corrected chi connectivity index (χ3v) is 4.62. The van der Waals surface area contributed by atoms with E-state index in [2.05, 4.69) is 5.32 Å². The van der Waals surface area contributed by atoms with E-state index in [0.29, 0.717) is 28.8 Å². The van der Waals surface area contributed by atoms with Crippen LogP contribution in [0.1, 0.15) is 24.4 Å². The summed E-state index contributed by atoms with van der Waals surface area (Å²) >= 11 is 5.98. The summed E-state index contributed by atoms with van der Waals surface area (Å²) in [6.45, 7) is 0.714. The van der Waals surface area contributed by atoms with E-state index >= 15 is 0 Å². The van der Waals surface area contributed by atoms with E-state index in [4.69, 9.17) is 21.1 Å². The van der Waals surface area contributed by atoms with Crippen LogP contribution in [0.3, 0.4) is 0 Å². The van der Waals surface area contributed by atoms with Crippen molar-refractivity contribution in [2.75, 3.05) is 26.1 Å². The van der Waals surface area contributed by atoms with E-state index in [-0.39, 0.29) is 12.1 Å². The van der Waals surface area contributed by atoms with Crippen LogP contribution in [0, 0.1) is 0 Å². The summed E-state index contributed by atoms with van der Waals surface area (Å²) in [5.74, 6) is 1.35. The fourth-order valence-corrected chi connectivity index (χ4v) is 3.37. The molecule has 1 saturated heterocycles. The van der Waals surface area contributed by atoms with Gasteiger partial charge in [0, 0.05) is 17.3 Å². The number of ether oxygens (including phenoxy) is 2. The first-order valence-corrected chi connectivity index (χ1v) is 8.55. The number of nitrogens with zero attached hydrogens (tertiary/aromatic N) is 1. The van der Waals surface area contributed by atoms with Crippen LogP contribution in [0.25, 0.3) is 0 Å². The Morgan fingerprint density at radius 2 is 1.96 bits per heavy atom. The number of carbonyl (C=O) groups is 1. The molecule has 3 rings (SSSR count). The molecule has 132 valence electrons. The molecule has 1 unspecified atom stereocenters. The highest BCUT2D eigenvalue weighted by atomic mass is 35.5. The molecule has 0 spiro atoms. The van der Waals surface area contributed by atoms with Gasteiger partial charge in [0.05, 0.1) is 20.3 Å². The molecule has 2 amide bonds. The number of urea groups is 1. The first-order valence-electron chi connectivity index (χ1n) is 8.17. The van der Waals surface area contributed by atoms with Gasteiger partial charge < -0.3 is 19.7 Å². The SMILES string of the molecule is COc1ccc(C2CCCN2C(=O)Nc2cccc(Cl)c2)cc1OC. The fraction of sp³-hybridized carbons (Fsp3) is 0.316. The number of hydrogen-bond acceptors (Lipinski definition) is 3. The van der Waals surface area contributed by atoms with Crippen LogP contribution in [0.5, 0.6) is 11.5 Å². The number of rotatable bonds is 4. The van der Waals surface area contributed by atoms with Gasteiger partial charge in [-0.25, -0.2) is 4.79 Å². The van der Waals surface area contributed by atoms with Crippen molar-refractivity contribution < 1.29 is 14.3 Å². The van der Waals surface area contributed by atoms with E-state index in [1.54, 1.807) is 26.4 Å². The van der Waals surface area contributed by atoms with E-state index in [1.807, 2.05) is 35.2 Å². The van der Waals surface area contributed by atoms with Gasteiger partial charge in [-0.3, -0.25) is 0 Å². The van der Waals surface area contributed by atoms with Crippen molar-refractivity contribution in [1.29, 1.82) is 0 Å². The van der Waals surface area contributed by atoms with Crippen molar-refractivity contribution in [3.05, 3.63) is 53.1 Å². The van der Waals surface area contributed by atoms with E-state index < -0.39 is 0 Å². The Bertz CT molecular complexity index is 766. The molecule has 1 N–H and O–H groups in total. The van der Waals surface area contributed by atoms with Crippen LogP contribution < -0.4 is 14.8 Å². The van der Waals surface area contributed by atoms with E-state index in [1.165, 1.54) is 0 Å². The van der Waals surface area contributed by atoms with Gasteiger partial charge in [0.25, 0.3) is 0 Å². The molecule has 0 aliphatic carbocycles. The Hall–Kier alpha value is -2.40. The molecule has 0 saturated carbocycles. The maximum absolute atomic E-state index is 12.7. The molecule has 6 heteroatoms. The second-order valence-electron chi connectivity index (χ2n) is 5.91. The monoisotopic (exact) mass is 360 g/mol. The molecule has 0 aromatic heterocycles. The normalized spacial score (nSPS) is 16.6. The molecular formula is C19H21ClN2O3. The van der Waals surface area contributed by atoms with Crippen LogP contribution in [0.2, 0.25) is 5.02 Å². The summed E-state index contributed by atoms with van der Waals surface area (Å²) in [5.41, 5.74) is 1.73. The number of carbonyl (C=O) groups excluding carboxylic acids is 1. The van der Waals surface area contributed by atoms with Crippen molar-refractivity contribution in [2.45, 2.75) is 18.9 Å². The zero-order valence-electron chi connectivity index (χ0n) is 14.3. The van der Waals surface area contributed by atoms with Gasteiger partial charge in [-0.2, -0.15) is 0 Å². The van der Waals surface area contributed by atoms with Crippen molar-refractivity contribution in [3.8, 4) is 11.5 Å². The molecule has 1 atom stereocenters. The average molecular weight is 361 g/mol. The summed E-state index contributed by atoms with van der Waals surface area (Å²) in [7, 11) is 3.22. The number of halogens is 1.